The van der Waals surface area contributed by atoms with Crippen molar-refractivity contribution in [2.45, 2.75) is 6.54 Å². The molecule has 0 aliphatic rings. The van der Waals surface area contributed by atoms with Crippen LogP contribution < -0.4 is 0 Å². The highest BCUT2D eigenvalue weighted by Gasteiger charge is 2.12. The third-order valence-corrected chi connectivity index (χ3v) is 4.64. The molecule has 1 heterocycles. The van der Waals surface area contributed by atoms with Crippen LogP contribution in [-0.4, -0.2) is 9.55 Å². The van der Waals surface area contributed by atoms with E-state index in [1.165, 1.54) is 0 Å². The maximum Gasteiger partial charge on any atom is 0.141 e. The van der Waals surface area contributed by atoms with E-state index in [9.17, 15) is 0 Å². The summed E-state index contributed by atoms with van der Waals surface area (Å²) in [6.07, 6.45) is 2.08. The first-order valence-electron chi connectivity index (χ1n) is 8.32. The summed E-state index contributed by atoms with van der Waals surface area (Å²) in [5, 5.41) is 1.43. The molecule has 0 bridgehead atoms. The average Bonchev–Trinajstić information content (AvgIpc) is 3.06. The van der Waals surface area contributed by atoms with Crippen LogP contribution in [0, 0.1) is 0 Å². The number of nitrogens with zero attached hydrogens (tertiary/aromatic N) is 2. The van der Waals surface area contributed by atoms with E-state index in [0.717, 1.165) is 33.2 Å². The Morgan fingerprint density at radius 2 is 1.42 bits per heavy atom. The molecule has 128 valence electrons. The molecule has 26 heavy (non-hydrogen) atoms. The van der Waals surface area contributed by atoms with E-state index in [1.807, 2.05) is 60.7 Å². The van der Waals surface area contributed by atoms with Gasteiger partial charge in [-0.15, -0.1) is 0 Å². The van der Waals surface area contributed by atoms with E-state index < -0.39 is 0 Å². The zero-order valence-electron chi connectivity index (χ0n) is 13.9. The van der Waals surface area contributed by atoms with Crippen LogP contribution in [0.25, 0.3) is 22.6 Å². The largest absolute Gasteiger partial charge is 0.326 e. The van der Waals surface area contributed by atoms with E-state index >= 15 is 0 Å². The monoisotopic (exact) mass is 378 g/mol. The van der Waals surface area contributed by atoms with Gasteiger partial charge in [0.15, 0.2) is 0 Å². The Bertz CT molecular complexity index is 1040. The lowest BCUT2D eigenvalue weighted by atomic mass is 10.2. The summed E-state index contributed by atoms with van der Waals surface area (Å²) in [6.45, 7) is 0.683. The third kappa shape index (κ3) is 3.67. The Morgan fingerprint density at radius 1 is 0.731 bits per heavy atom. The zero-order valence-corrected chi connectivity index (χ0v) is 15.5. The van der Waals surface area contributed by atoms with Crippen molar-refractivity contribution in [3.05, 3.63) is 101 Å². The zero-order chi connectivity index (χ0) is 17.9. The molecule has 0 unspecified atom stereocenters. The number of hydrogen-bond acceptors (Lipinski definition) is 1. The highest BCUT2D eigenvalue weighted by molar-refractivity contribution is 6.31. The second kappa shape index (κ2) is 7.36. The van der Waals surface area contributed by atoms with Gasteiger partial charge in [-0.25, -0.2) is 4.98 Å². The lowest BCUT2D eigenvalue weighted by molar-refractivity contribution is 0.807. The molecule has 3 aromatic carbocycles. The maximum atomic E-state index is 6.20. The first-order valence-corrected chi connectivity index (χ1v) is 9.07. The van der Waals surface area contributed by atoms with Gasteiger partial charge in [0, 0.05) is 33.9 Å². The van der Waals surface area contributed by atoms with Gasteiger partial charge >= 0.3 is 0 Å². The van der Waals surface area contributed by atoms with Crippen molar-refractivity contribution in [3.63, 3.8) is 0 Å². The van der Waals surface area contributed by atoms with Gasteiger partial charge in [-0.2, -0.15) is 0 Å². The number of halogens is 2. The predicted molar refractivity (Wildman–Crippen MR) is 109 cm³/mol. The van der Waals surface area contributed by atoms with Gasteiger partial charge in [0.25, 0.3) is 0 Å². The van der Waals surface area contributed by atoms with Crippen molar-refractivity contribution < 1.29 is 0 Å². The van der Waals surface area contributed by atoms with Crippen molar-refractivity contribution >= 4 is 23.2 Å². The summed E-state index contributed by atoms with van der Waals surface area (Å²) < 4.78 is 2.14. The molecule has 0 saturated heterocycles. The number of hydrogen-bond donors (Lipinski definition) is 0. The Morgan fingerprint density at radius 3 is 2.15 bits per heavy atom. The highest BCUT2D eigenvalue weighted by atomic mass is 35.5. The average molecular weight is 379 g/mol. The molecule has 4 aromatic rings. The van der Waals surface area contributed by atoms with Crippen LogP contribution in [0.15, 0.2) is 85.1 Å². The van der Waals surface area contributed by atoms with Crippen LogP contribution >= 0.6 is 23.2 Å². The van der Waals surface area contributed by atoms with Crippen molar-refractivity contribution in [1.82, 2.24) is 9.55 Å². The fourth-order valence-electron chi connectivity index (χ4n) is 2.97. The van der Waals surface area contributed by atoms with Gasteiger partial charge < -0.3 is 4.57 Å². The number of imidazole rings is 1. The van der Waals surface area contributed by atoms with E-state index in [0.29, 0.717) is 11.6 Å². The summed E-state index contributed by atoms with van der Waals surface area (Å²) >= 11 is 12.3. The lowest BCUT2D eigenvalue weighted by Crippen LogP contribution is -2.01. The van der Waals surface area contributed by atoms with Crippen LogP contribution in [-0.2, 0) is 6.54 Å². The standard InChI is InChI=1S/C22H16Cl2N2/c23-19-10-4-6-16(12-19)14-26-15-21(17-7-2-1-3-8-17)25-22(26)18-9-5-11-20(24)13-18/h1-13,15H,14H2. The summed E-state index contributed by atoms with van der Waals surface area (Å²) in [5.41, 5.74) is 4.13. The fourth-order valence-corrected chi connectivity index (χ4v) is 3.38. The smallest absolute Gasteiger partial charge is 0.141 e. The number of rotatable bonds is 4. The first-order chi connectivity index (χ1) is 12.7. The van der Waals surface area contributed by atoms with E-state index in [-0.39, 0.29) is 0 Å². The topological polar surface area (TPSA) is 17.8 Å². The minimum Gasteiger partial charge on any atom is -0.326 e. The van der Waals surface area contributed by atoms with Crippen molar-refractivity contribution in [3.8, 4) is 22.6 Å². The predicted octanol–water partition coefficient (Wildman–Crippen LogP) is 6.57. The molecule has 0 spiro atoms. The van der Waals surface area contributed by atoms with Crippen molar-refractivity contribution in [1.29, 1.82) is 0 Å². The summed E-state index contributed by atoms with van der Waals surface area (Å²) in [7, 11) is 0. The molecule has 2 nitrogen and oxygen atoms in total. The second-order valence-corrected chi connectivity index (χ2v) is 6.96. The molecular weight excluding hydrogens is 363 g/mol. The molecule has 4 heteroatoms. The second-order valence-electron chi connectivity index (χ2n) is 6.08. The number of benzene rings is 3. The number of aromatic nitrogens is 2. The van der Waals surface area contributed by atoms with Gasteiger partial charge in [0.1, 0.15) is 5.82 Å². The van der Waals surface area contributed by atoms with Crippen LogP contribution in [0.3, 0.4) is 0 Å². The quantitative estimate of drug-likeness (QED) is 0.392. The third-order valence-electron chi connectivity index (χ3n) is 4.17. The lowest BCUT2D eigenvalue weighted by Gasteiger charge is -2.08. The van der Waals surface area contributed by atoms with Crippen molar-refractivity contribution in [2.24, 2.45) is 0 Å². The maximum absolute atomic E-state index is 6.20. The van der Waals surface area contributed by atoms with Gasteiger partial charge in [-0.3, -0.25) is 0 Å². The van der Waals surface area contributed by atoms with E-state index in [2.05, 4.69) is 29.0 Å². The van der Waals surface area contributed by atoms with Gasteiger partial charge in [-0.05, 0) is 29.8 Å². The molecule has 0 fully saturated rings. The summed E-state index contributed by atoms with van der Waals surface area (Å²) in [6, 6.07) is 25.8. The van der Waals surface area contributed by atoms with Gasteiger partial charge in [0.05, 0.1) is 5.69 Å². The molecule has 0 amide bonds. The summed E-state index contributed by atoms with van der Waals surface area (Å²) in [5.74, 6) is 0.881. The molecule has 4 rings (SSSR count). The summed E-state index contributed by atoms with van der Waals surface area (Å²) in [4.78, 5) is 4.88. The molecular formula is C22H16Cl2N2. The van der Waals surface area contributed by atoms with Crippen LogP contribution in [0.4, 0.5) is 0 Å². The Hall–Kier alpha value is -2.55. The SMILES string of the molecule is Clc1cccc(Cn2cc(-c3ccccc3)nc2-c2cccc(Cl)c2)c1. The minimum absolute atomic E-state index is 0.683. The molecule has 0 saturated carbocycles. The molecule has 1 aromatic heterocycles. The molecule has 0 aliphatic carbocycles. The first kappa shape index (κ1) is 16.9. The highest BCUT2D eigenvalue weighted by Crippen LogP contribution is 2.27. The van der Waals surface area contributed by atoms with Crippen LogP contribution in [0.1, 0.15) is 5.56 Å². The van der Waals surface area contributed by atoms with E-state index in [4.69, 9.17) is 28.2 Å². The fraction of sp³-hybridized carbons (Fsp3) is 0.0455. The molecule has 0 radical (unpaired) electrons. The van der Waals surface area contributed by atoms with Crippen LogP contribution in [0.5, 0.6) is 0 Å². The normalized spacial score (nSPS) is 10.8. The van der Waals surface area contributed by atoms with E-state index in [1.54, 1.807) is 0 Å². The molecule has 0 N–H and O–H groups in total. The molecule has 0 atom stereocenters. The Balaban J connectivity index is 1.81. The Labute approximate surface area is 162 Å². The van der Waals surface area contributed by atoms with Gasteiger partial charge in [0.2, 0.25) is 0 Å². The molecule has 0 aliphatic heterocycles. The minimum atomic E-state index is 0.683. The Kier molecular flexibility index (Phi) is 4.79. The van der Waals surface area contributed by atoms with Gasteiger partial charge in [-0.1, -0.05) is 77.8 Å². The van der Waals surface area contributed by atoms with Crippen molar-refractivity contribution in [2.75, 3.05) is 0 Å². The van der Waals surface area contributed by atoms with Crippen LogP contribution in [0.2, 0.25) is 10.0 Å².